The molecule has 1 heteroatoms. The van der Waals surface area contributed by atoms with E-state index in [-0.39, 0.29) is 0 Å². The maximum Gasteiger partial charge on any atom is 0.0352 e. The first-order valence-electron chi connectivity index (χ1n) is 7.49. The van der Waals surface area contributed by atoms with Crippen LogP contribution in [0, 0.1) is 19.8 Å². The highest BCUT2D eigenvalue weighted by Crippen LogP contribution is 2.35. The molecule has 1 aliphatic rings. The number of hydrogen-bond acceptors (Lipinski definition) is 1. The van der Waals surface area contributed by atoms with Crippen molar-refractivity contribution in [1.29, 1.82) is 0 Å². The highest BCUT2D eigenvalue weighted by Gasteiger charge is 2.28. The zero-order chi connectivity index (χ0) is 14.1. The molecule has 0 saturated carbocycles. The van der Waals surface area contributed by atoms with Gasteiger partial charge in [-0.05, 0) is 56.3 Å². The maximum absolute atomic E-state index is 3.55. The second kappa shape index (κ2) is 5.41. The second-order valence-electron chi connectivity index (χ2n) is 6.12. The molecule has 2 aromatic rings. The van der Waals surface area contributed by atoms with E-state index in [1.807, 2.05) is 0 Å². The highest BCUT2D eigenvalue weighted by molar-refractivity contribution is 5.36. The molecule has 3 rings (SSSR count). The van der Waals surface area contributed by atoms with Crippen molar-refractivity contribution in [1.82, 2.24) is 5.32 Å². The molecule has 0 radical (unpaired) electrons. The Morgan fingerprint density at radius 3 is 2.00 bits per heavy atom. The fourth-order valence-electron chi connectivity index (χ4n) is 3.69. The van der Waals surface area contributed by atoms with Crippen LogP contribution in [0.15, 0.2) is 42.5 Å². The van der Waals surface area contributed by atoms with E-state index in [2.05, 4.69) is 68.7 Å². The van der Waals surface area contributed by atoms with Crippen molar-refractivity contribution in [2.45, 2.75) is 32.7 Å². The van der Waals surface area contributed by atoms with Crippen LogP contribution in [0.3, 0.4) is 0 Å². The first-order valence-corrected chi connectivity index (χ1v) is 7.49. The summed E-state index contributed by atoms with van der Waals surface area (Å²) in [5.41, 5.74) is 7.21. The van der Waals surface area contributed by atoms with Crippen LogP contribution in [0.2, 0.25) is 0 Å². The Labute approximate surface area is 122 Å². The third-order valence-corrected chi connectivity index (χ3v) is 4.47. The molecular weight excluding hydrogens is 242 g/mol. The van der Waals surface area contributed by atoms with Gasteiger partial charge >= 0.3 is 0 Å². The van der Waals surface area contributed by atoms with Crippen molar-refractivity contribution < 1.29 is 0 Å². The molecular formula is C19H23N. The Hall–Kier alpha value is -1.60. The van der Waals surface area contributed by atoms with Crippen molar-refractivity contribution in [3.8, 4) is 0 Å². The Kier molecular flexibility index (Phi) is 3.62. The van der Waals surface area contributed by atoms with Gasteiger partial charge in [-0.1, -0.05) is 53.6 Å². The zero-order valence-corrected chi connectivity index (χ0v) is 12.6. The number of aryl methyl sites for hydroxylation is 2. The lowest BCUT2D eigenvalue weighted by Crippen LogP contribution is -2.26. The molecule has 2 aromatic carbocycles. The van der Waals surface area contributed by atoms with Crippen molar-refractivity contribution in [3.63, 3.8) is 0 Å². The Balaban J connectivity index is 1.88. The van der Waals surface area contributed by atoms with Crippen LogP contribution >= 0.6 is 0 Å². The molecule has 1 nitrogen and oxygen atoms in total. The molecule has 104 valence electrons. The molecule has 0 amide bonds. The summed E-state index contributed by atoms with van der Waals surface area (Å²) in [7, 11) is 2.09. The quantitative estimate of drug-likeness (QED) is 0.885. The van der Waals surface area contributed by atoms with E-state index in [9.17, 15) is 0 Å². The van der Waals surface area contributed by atoms with Gasteiger partial charge in [0.15, 0.2) is 0 Å². The lowest BCUT2D eigenvalue weighted by molar-refractivity contribution is 0.397. The van der Waals surface area contributed by atoms with Gasteiger partial charge in [0.1, 0.15) is 0 Å². The Morgan fingerprint density at radius 1 is 0.950 bits per heavy atom. The normalized spacial score (nSPS) is 16.1. The van der Waals surface area contributed by atoms with Crippen LogP contribution in [-0.4, -0.2) is 7.05 Å². The molecule has 0 aliphatic heterocycles. The van der Waals surface area contributed by atoms with Crippen LogP contribution in [0.1, 0.15) is 33.9 Å². The van der Waals surface area contributed by atoms with Crippen molar-refractivity contribution in [2.75, 3.05) is 7.05 Å². The number of fused-ring (bicyclic) bond motifs is 1. The van der Waals surface area contributed by atoms with E-state index in [4.69, 9.17) is 0 Å². The topological polar surface area (TPSA) is 12.0 Å². The zero-order valence-electron chi connectivity index (χ0n) is 12.6. The molecule has 20 heavy (non-hydrogen) atoms. The first-order chi connectivity index (χ1) is 9.67. The Bertz CT molecular complexity index is 570. The lowest BCUT2D eigenvalue weighted by atomic mass is 9.89. The molecule has 1 atom stereocenters. The van der Waals surface area contributed by atoms with E-state index in [0.717, 1.165) is 0 Å². The molecule has 1 unspecified atom stereocenters. The fraction of sp³-hybridized carbons (Fsp3) is 0.368. The molecule has 1 N–H and O–H groups in total. The molecule has 0 heterocycles. The van der Waals surface area contributed by atoms with Gasteiger partial charge in [0.25, 0.3) is 0 Å². The largest absolute Gasteiger partial charge is 0.313 e. The maximum atomic E-state index is 3.55. The van der Waals surface area contributed by atoms with E-state index < -0.39 is 0 Å². The summed E-state index contributed by atoms with van der Waals surface area (Å²) in [6.07, 6.45) is 2.38. The van der Waals surface area contributed by atoms with E-state index in [1.165, 1.54) is 40.7 Å². The molecule has 0 aromatic heterocycles. The van der Waals surface area contributed by atoms with E-state index in [0.29, 0.717) is 12.0 Å². The Morgan fingerprint density at radius 2 is 1.50 bits per heavy atom. The van der Waals surface area contributed by atoms with Gasteiger partial charge in [0.2, 0.25) is 0 Å². The average Bonchev–Trinajstić information content (AvgIpc) is 2.81. The fourth-order valence-corrected chi connectivity index (χ4v) is 3.69. The minimum Gasteiger partial charge on any atom is -0.313 e. The predicted molar refractivity (Wildman–Crippen MR) is 85.1 cm³/mol. The van der Waals surface area contributed by atoms with Crippen molar-refractivity contribution >= 4 is 0 Å². The predicted octanol–water partition coefficient (Wildman–Crippen LogP) is 3.98. The molecule has 1 aliphatic carbocycles. The van der Waals surface area contributed by atoms with Crippen LogP contribution < -0.4 is 5.32 Å². The molecule has 0 spiro atoms. The lowest BCUT2D eigenvalue weighted by Gasteiger charge is -2.24. The van der Waals surface area contributed by atoms with Gasteiger partial charge in [-0.3, -0.25) is 0 Å². The molecule has 0 bridgehead atoms. The smallest absolute Gasteiger partial charge is 0.0352 e. The van der Waals surface area contributed by atoms with Gasteiger partial charge in [-0.25, -0.2) is 0 Å². The van der Waals surface area contributed by atoms with Crippen LogP contribution in [0.5, 0.6) is 0 Å². The van der Waals surface area contributed by atoms with Crippen molar-refractivity contribution in [2.24, 2.45) is 5.92 Å². The first kappa shape index (κ1) is 13.4. The average molecular weight is 265 g/mol. The van der Waals surface area contributed by atoms with Crippen LogP contribution in [0.25, 0.3) is 0 Å². The van der Waals surface area contributed by atoms with Gasteiger partial charge in [-0.15, -0.1) is 0 Å². The number of hydrogen-bond donors (Lipinski definition) is 1. The third-order valence-electron chi connectivity index (χ3n) is 4.47. The standard InChI is InChI=1S/C19H23N/c1-13-8-14(2)10-17(9-13)19(20-3)18-11-15-6-4-5-7-16(15)12-18/h4-10,18-20H,11-12H2,1-3H3. The summed E-state index contributed by atoms with van der Waals surface area (Å²) in [6.45, 7) is 4.37. The van der Waals surface area contributed by atoms with Gasteiger partial charge < -0.3 is 5.32 Å². The summed E-state index contributed by atoms with van der Waals surface area (Å²) >= 11 is 0. The van der Waals surface area contributed by atoms with Crippen molar-refractivity contribution in [3.05, 3.63) is 70.3 Å². The van der Waals surface area contributed by atoms with Gasteiger partial charge in [-0.2, -0.15) is 0 Å². The summed E-state index contributed by atoms with van der Waals surface area (Å²) in [5, 5.41) is 3.55. The third kappa shape index (κ3) is 2.51. The molecule has 0 saturated heterocycles. The van der Waals surface area contributed by atoms with E-state index >= 15 is 0 Å². The van der Waals surface area contributed by atoms with Gasteiger partial charge in [0, 0.05) is 6.04 Å². The minimum absolute atomic E-state index is 0.445. The van der Waals surface area contributed by atoms with Crippen LogP contribution in [0.4, 0.5) is 0 Å². The van der Waals surface area contributed by atoms with E-state index in [1.54, 1.807) is 0 Å². The number of nitrogens with one attached hydrogen (secondary N) is 1. The SMILES string of the molecule is CNC(c1cc(C)cc(C)c1)C1Cc2ccccc2C1. The minimum atomic E-state index is 0.445. The number of benzene rings is 2. The van der Waals surface area contributed by atoms with Gasteiger partial charge in [0.05, 0.1) is 0 Å². The summed E-state index contributed by atoms with van der Waals surface area (Å²) in [6, 6.07) is 16.2. The summed E-state index contributed by atoms with van der Waals surface area (Å²) in [4.78, 5) is 0. The number of rotatable bonds is 3. The molecule has 0 fully saturated rings. The van der Waals surface area contributed by atoms with Crippen LogP contribution in [-0.2, 0) is 12.8 Å². The highest BCUT2D eigenvalue weighted by atomic mass is 14.9. The summed E-state index contributed by atoms with van der Waals surface area (Å²) < 4.78 is 0. The second-order valence-corrected chi connectivity index (χ2v) is 6.12. The summed E-state index contributed by atoms with van der Waals surface area (Å²) in [5.74, 6) is 0.665. The monoisotopic (exact) mass is 265 g/mol.